The minimum Gasteiger partial charge on any atom is -0.303 e. The van der Waals surface area contributed by atoms with Crippen LogP contribution in [0.3, 0.4) is 0 Å². The van der Waals surface area contributed by atoms with Crippen LogP contribution in [0.5, 0.6) is 0 Å². The number of piperidine rings is 1. The van der Waals surface area contributed by atoms with Gasteiger partial charge in [0.25, 0.3) is 0 Å². The average molecular weight is 271 g/mol. The minimum absolute atomic E-state index is 0.471. The standard InChI is InChI=1S/C18H25NO/c20-17(9-12-19-10-5-2-6-11-19)13-16-14-18(16)15-7-3-1-4-8-15/h1,3-4,7-8,16,18H,2,5-6,9-14H2. The van der Waals surface area contributed by atoms with Gasteiger partial charge in [-0.2, -0.15) is 0 Å². The van der Waals surface area contributed by atoms with Crippen LogP contribution in [0.15, 0.2) is 30.3 Å². The Morgan fingerprint density at radius 1 is 1.10 bits per heavy atom. The predicted molar refractivity (Wildman–Crippen MR) is 81.8 cm³/mol. The fraction of sp³-hybridized carbons (Fsp3) is 0.611. The van der Waals surface area contributed by atoms with E-state index in [1.54, 1.807) is 0 Å². The molecular weight excluding hydrogens is 246 g/mol. The third-order valence-electron chi connectivity index (χ3n) is 4.80. The summed E-state index contributed by atoms with van der Waals surface area (Å²) < 4.78 is 0. The Labute approximate surface area is 122 Å². The molecule has 0 radical (unpaired) electrons. The van der Waals surface area contributed by atoms with Gasteiger partial charge in [-0.1, -0.05) is 36.8 Å². The Bertz CT molecular complexity index is 436. The largest absolute Gasteiger partial charge is 0.303 e. The molecule has 2 nitrogen and oxygen atoms in total. The fourth-order valence-electron chi connectivity index (χ4n) is 3.44. The molecule has 2 aliphatic rings. The highest BCUT2D eigenvalue weighted by atomic mass is 16.1. The molecule has 2 fully saturated rings. The Hall–Kier alpha value is -1.15. The van der Waals surface area contributed by atoms with Crippen molar-refractivity contribution in [3.05, 3.63) is 35.9 Å². The summed E-state index contributed by atoms with van der Waals surface area (Å²) >= 11 is 0. The van der Waals surface area contributed by atoms with Crippen LogP contribution in [0, 0.1) is 5.92 Å². The monoisotopic (exact) mass is 271 g/mol. The lowest BCUT2D eigenvalue weighted by atomic mass is 10.0. The van der Waals surface area contributed by atoms with Crippen molar-refractivity contribution in [1.29, 1.82) is 0 Å². The number of likely N-dealkylation sites (tertiary alicyclic amines) is 1. The Morgan fingerprint density at radius 2 is 1.85 bits per heavy atom. The first-order valence-electron chi connectivity index (χ1n) is 8.12. The van der Waals surface area contributed by atoms with E-state index >= 15 is 0 Å². The summed E-state index contributed by atoms with van der Waals surface area (Å²) in [6.45, 7) is 3.38. The summed E-state index contributed by atoms with van der Waals surface area (Å²) in [4.78, 5) is 14.5. The molecule has 1 aliphatic heterocycles. The highest BCUT2D eigenvalue weighted by Crippen LogP contribution is 2.49. The molecule has 2 unspecified atom stereocenters. The highest BCUT2D eigenvalue weighted by molar-refractivity contribution is 5.79. The molecule has 0 aromatic heterocycles. The maximum Gasteiger partial charge on any atom is 0.134 e. The summed E-state index contributed by atoms with van der Waals surface area (Å²) in [5, 5.41) is 0. The molecule has 0 spiro atoms. The molecule has 1 aromatic carbocycles. The van der Waals surface area contributed by atoms with Gasteiger partial charge in [0.2, 0.25) is 0 Å². The van der Waals surface area contributed by atoms with Crippen molar-refractivity contribution in [3.8, 4) is 0 Å². The normalized spacial score (nSPS) is 26.4. The molecule has 0 amide bonds. The van der Waals surface area contributed by atoms with Gasteiger partial charge >= 0.3 is 0 Å². The van der Waals surface area contributed by atoms with E-state index in [-0.39, 0.29) is 0 Å². The van der Waals surface area contributed by atoms with Crippen molar-refractivity contribution in [2.75, 3.05) is 19.6 Å². The van der Waals surface area contributed by atoms with Crippen LogP contribution in [0.25, 0.3) is 0 Å². The topological polar surface area (TPSA) is 20.3 Å². The van der Waals surface area contributed by atoms with Gasteiger partial charge in [0.05, 0.1) is 0 Å². The summed E-state index contributed by atoms with van der Waals surface area (Å²) in [6.07, 6.45) is 6.76. The molecule has 0 N–H and O–H groups in total. The number of rotatable bonds is 6. The van der Waals surface area contributed by atoms with Gasteiger partial charge in [0, 0.05) is 19.4 Å². The van der Waals surface area contributed by atoms with E-state index in [1.807, 2.05) is 0 Å². The molecule has 3 rings (SSSR count). The van der Waals surface area contributed by atoms with Crippen molar-refractivity contribution >= 4 is 5.78 Å². The number of benzene rings is 1. The van der Waals surface area contributed by atoms with Gasteiger partial charge in [-0.3, -0.25) is 4.79 Å². The van der Waals surface area contributed by atoms with Gasteiger partial charge in [-0.25, -0.2) is 0 Å². The van der Waals surface area contributed by atoms with Gasteiger partial charge in [-0.05, 0) is 49.8 Å². The maximum atomic E-state index is 12.1. The van der Waals surface area contributed by atoms with E-state index in [1.165, 1.54) is 44.3 Å². The van der Waals surface area contributed by atoms with Crippen LogP contribution < -0.4 is 0 Å². The number of ketones is 1. The quantitative estimate of drug-likeness (QED) is 0.787. The maximum absolute atomic E-state index is 12.1. The molecule has 20 heavy (non-hydrogen) atoms. The van der Waals surface area contributed by atoms with Crippen molar-refractivity contribution in [2.24, 2.45) is 5.92 Å². The van der Waals surface area contributed by atoms with E-state index in [2.05, 4.69) is 35.2 Å². The molecule has 108 valence electrons. The van der Waals surface area contributed by atoms with Gasteiger partial charge < -0.3 is 4.90 Å². The third-order valence-corrected chi connectivity index (χ3v) is 4.80. The zero-order valence-corrected chi connectivity index (χ0v) is 12.3. The number of Topliss-reactive ketones (excluding diaryl/α,β-unsaturated/α-hetero) is 1. The Kier molecular flexibility index (Phi) is 4.51. The van der Waals surface area contributed by atoms with E-state index in [0.717, 1.165) is 19.4 Å². The molecule has 1 aromatic rings. The van der Waals surface area contributed by atoms with E-state index in [4.69, 9.17) is 0 Å². The zero-order chi connectivity index (χ0) is 13.8. The van der Waals surface area contributed by atoms with Crippen LogP contribution in [0.2, 0.25) is 0 Å². The molecular formula is C18H25NO. The van der Waals surface area contributed by atoms with Crippen LogP contribution in [-0.4, -0.2) is 30.3 Å². The zero-order valence-electron chi connectivity index (χ0n) is 12.3. The Balaban J connectivity index is 1.38. The number of nitrogens with zero attached hydrogens (tertiary/aromatic N) is 1. The fourth-order valence-corrected chi connectivity index (χ4v) is 3.44. The third kappa shape index (κ3) is 3.69. The van der Waals surface area contributed by atoms with Crippen molar-refractivity contribution in [3.63, 3.8) is 0 Å². The number of carbonyl (C=O) groups excluding carboxylic acids is 1. The van der Waals surface area contributed by atoms with E-state index in [9.17, 15) is 4.79 Å². The number of hydrogen-bond donors (Lipinski definition) is 0. The Morgan fingerprint density at radius 3 is 2.60 bits per heavy atom. The first-order valence-corrected chi connectivity index (χ1v) is 8.12. The van der Waals surface area contributed by atoms with Crippen LogP contribution in [0.1, 0.15) is 50.0 Å². The number of hydrogen-bond acceptors (Lipinski definition) is 2. The van der Waals surface area contributed by atoms with Gasteiger partial charge in [-0.15, -0.1) is 0 Å². The van der Waals surface area contributed by atoms with Crippen LogP contribution in [0.4, 0.5) is 0 Å². The molecule has 0 bridgehead atoms. The van der Waals surface area contributed by atoms with Crippen LogP contribution in [-0.2, 0) is 4.79 Å². The molecule has 1 saturated carbocycles. The first-order chi connectivity index (χ1) is 9.83. The number of carbonyl (C=O) groups is 1. The van der Waals surface area contributed by atoms with Gasteiger partial charge in [0.15, 0.2) is 0 Å². The lowest BCUT2D eigenvalue weighted by Gasteiger charge is -2.25. The SMILES string of the molecule is O=C(CCN1CCCCC1)CC1CC1c1ccccc1. The van der Waals surface area contributed by atoms with E-state index < -0.39 is 0 Å². The van der Waals surface area contributed by atoms with Gasteiger partial charge in [0.1, 0.15) is 5.78 Å². The highest BCUT2D eigenvalue weighted by Gasteiger charge is 2.39. The smallest absolute Gasteiger partial charge is 0.134 e. The van der Waals surface area contributed by atoms with Crippen LogP contribution >= 0.6 is 0 Å². The lowest BCUT2D eigenvalue weighted by Crippen LogP contribution is -2.31. The van der Waals surface area contributed by atoms with Crippen molar-refractivity contribution in [2.45, 2.75) is 44.4 Å². The molecule has 1 heterocycles. The predicted octanol–water partition coefficient (Wildman–Crippen LogP) is 3.63. The summed E-state index contributed by atoms with van der Waals surface area (Å²) in [6, 6.07) is 10.7. The lowest BCUT2D eigenvalue weighted by molar-refractivity contribution is -0.119. The molecule has 1 saturated heterocycles. The second kappa shape index (κ2) is 6.53. The van der Waals surface area contributed by atoms with Crippen molar-refractivity contribution < 1.29 is 4.79 Å². The van der Waals surface area contributed by atoms with Crippen molar-refractivity contribution in [1.82, 2.24) is 4.90 Å². The molecule has 2 heteroatoms. The molecule has 1 aliphatic carbocycles. The minimum atomic E-state index is 0.471. The van der Waals surface area contributed by atoms with E-state index in [0.29, 0.717) is 17.6 Å². The summed E-state index contributed by atoms with van der Waals surface area (Å²) in [5.41, 5.74) is 1.42. The summed E-state index contributed by atoms with van der Waals surface area (Å²) in [7, 11) is 0. The average Bonchev–Trinajstić information content (AvgIpc) is 3.26. The second-order valence-electron chi connectivity index (χ2n) is 6.41. The molecule has 2 atom stereocenters. The second-order valence-corrected chi connectivity index (χ2v) is 6.41. The first kappa shape index (κ1) is 13.8. The summed E-state index contributed by atoms with van der Waals surface area (Å²) in [5.74, 6) is 1.74.